The molecule has 0 unspecified atom stereocenters. The summed E-state index contributed by atoms with van der Waals surface area (Å²) in [5.41, 5.74) is 4.54. The van der Waals surface area contributed by atoms with Crippen molar-refractivity contribution < 1.29 is 9.53 Å². The normalized spacial score (nSPS) is 22.8. The Bertz CT molecular complexity index is 830. The fourth-order valence-corrected chi connectivity index (χ4v) is 4.22. The van der Waals surface area contributed by atoms with E-state index in [1.807, 2.05) is 18.0 Å². The summed E-state index contributed by atoms with van der Waals surface area (Å²) in [5.74, 6) is 1.32. The molecule has 1 aromatic heterocycles. The van der Waals surface area contributed by atoms with Crippen LogP contribution in [0.15, 0.2) is 30.5 Å². The molecule has 142 valence electrons. The second-order valence-corrected chi connectivity index (χ2v) is 7.77. The Morgan fingerprint density at radius 1 is 1.26 bits per heavy atom. The minimum absolute atomic E-state index is 0.0344. The van der Waals surface area contributed by atoms with Crippen LogP contribution in [0.3, 0.4) is 0 Å². The van der Waals surface area contributed by atoms with Crippen LogP contribution in [0.4, 0.5) is 0 Å². The van der Waals surface area contributed by atoms with E-state index in [0.29, 0.717) is 13.2 Å². The quantitative estimate of drug-likeness (QED) is 0.835. The molecule has 5 heteroatoms. The number of nitrogens with zero attached hydrogens (tertiary/aromatic N) is 3. The Kier molecular flexibility index (Phi) is 5.21. The maximum atomic E-state index is 12.9. The summed E-state index contributed by atoms with van der Waals surface area (Å²) >= 11 is 0. The second-order valence-electron chi connectivity index (χ2n) is 7.77. The van der Waals surface area contributed by atoms with E-state index < -0.39 is 0 Å². The fourth-order valence-electron chi connectivity index (χ4n) is 4.22. The first-order chi connectivity index (χ1) is 13.1. The summed E-state index contributed by atoms with van der Waals surface area (Å²) in [6.45, 7) is 6.89. The van der Waals surface area contributed by atoms with Crippen molar-refractivity contribution in [2.24, 2.45) is 5.92 Å². The third kappa shape index (κ3) is 3.88. The van der Waals surface area contributed by atoms with Crippen LogP contribution in [0.2, 0.25) is 0 Å². The molecule has 1 amide bonds. The second kappa shape index (κ2) is 7.77. The third-order valence-electron chi connectivity index (χ3n) is 5.67. The summed E-state index contributed by atoms with van der Waals surface area (Å²) < 4.78 is 5.42. The van der Waals surface area contributed by atoms with Gasteiger partial charge in [-0.05, 0) is 38.7 Å². The van der Waals surface area contributed by atoms with Crippen molar-refractivity contribution >= 4 is 5.91 Å². The van der Waals surface area contributed by atoms with E-state index >= 15 is 0 Å². The zero-order chi connectivity index (χ0) is 18.8. The number of hydrogen-bond donors (Lipinski definition) is 0. The molecule has 2 aliphatic heterocycles. The SMILES string of the molecule is Cc1cccc(-c2cnc(C)nc2[C@@H]2CCCN(C(=O)[C@H]3CCOC3)C2)c1. The highest BCUT2D eigenvalue weighted by molar-refractivity contribution is 5.79. The molecule has 1 aromatic carbocycles. The van der Waals surface area contributed by atoms with Crippen LogP contribution in [0.1, 0.15) is 42.3 Å². The van der Waals surface area contributed by atoms with Crippen LogP contribution in [0.5, 0.6) is 0 Å². The van der Waals surface area contributed by atoms with Gasteiger partial charge in [0.2, 0.25) is 5.91 Å². The highest BCUT2D eigenvalue weighted by Gasteiger charge is 2.33. The fraction of sp³-hybridized carbons (Fsp3) is 0.500. The Hall–Kier alpha value is -2.27. The summed E-state index contributed by atoms with van der Waals surface area (Å²) in [4.78, 5) is 24.2. The van der Waals surface area contributed by atoms with Crippen molar-refractivity contribution in [2.45, 2.75) is 39.0 Å². The average Bonchev–Trinajstić information content (AvgIpc) is 3.22. The van der Waals surface area contributed by atoms with E-state index in [9.17, 15) is 4.79 Å². The van der Waals surface area contributed by atoms with Crippen LogP contribution in [0.25, 0.3) is 11.1 Å². The van der Waals surface area contributed by atoms with Gasteiger partial charge in [0.15, 0.2) is 0 Å². The van der Waals surface area contributed by atoms with Crippen molar-refractivity contribution in [3.8, 4) is 11.1 Å². The number of hydrogen-bond acceptors (Lipinski definition) is 4. The number of carbonyl (C=O) groups excluding carboxylic acids is 1. The molecule has 4 rings (SSSR count). The minimum Gasteiger partial charge on any atom is -0.381 e. The number of piperidine rings is 1. The first-order valence-electron chi connectivity index (χ1n) is 9.89. The highest BCUT2D eigenvalue weighted by Crippen LogP contribution is 2.34. The van der Waals surface area contributed by atoms with Crippen LogP contribution in [-0.4, -0.2) is 47.1 Å². The molecular weight excluding hydrogens is 338 g/mol. The lowest BCUT2D eigenvalue weighted by molar-refractivity contribution is -0.136. The van der Waals surface area contributed by atoms with E-state index in [2.05, 4.69) is 36.2 Å². The molecular formula is C22H27N3O2. The van der Waals surface area contributed by atoms with Gasteiger partial charge < -0.3 is 9.64 Å². The van der Waals surface area contributed by atoms with Crippen LogP contribution in [0, 0.1) is 19.8 Å². The maximum absolute atomic E-state index is 12.9. The summed E-state index contributed by atoms with van der Waals surface area (Å²) in [6, 6.07) is 8.47. The van der Waals surface area contributed by atoms with Crippen LogP contribution >= 0.6 is 0 Å². The zero-order valence-electron chi connectivity index (χ0n) is 16.1. The van der Waals surface area contributed by atoms with Gasteiger partial charge in [-0.15, -0.1) is 0 Å². The monoisotopic (exact) mass is 365 g/mol. The van der Waals surface area contributed by atoms with Crippen molar-refractivity contribution in [3.05, 3.63) is 47.5 Å². The molecule has 0 radical (unpaired) electrons. The molecule has 3 heterocycles. The predicted molar refractivity (Wildman–Crippen MR) is 104 cm³/mol. The largest absolute Gasteiger partial charge is 0.381 e. The van der Waals surface area contributed by atoms with Crippen molar-refractivity contribution in [2.75, 3.05) is 26.3 Å². The molecule has 0 N–H and O–H groups in total. The molecule has 0 spiro atoms. The number of likely N-dealkylation sites (tertiary alicyclic amines) is 1. The number of carbonyl (C=O) groups is 1. The Morgan fingerprint density at radius 2 is 2.15 bits per heavy atom. The van der Waals surface area contributed by atoms with E-state index in [1.54, 1.807) is 0 Å². The standard InChI is InChI=1S/C22H27N3O2/c1-15-5-3-6-17(11-15)20-12-23-16(2)24-21(20)18-7-4-9-25(13-18)22(26)19-8-10-27-14-19/h3,5-6,11-12,18-19H,4,7-10,13-14H2,1-2H3/t18-,19+/m1/s1. The molecule has 27 heavy (non-hydrogen) atoms. The topological polar surface area (TPSA) is 55.3 Å². The number of rotatable bonds is 3. The minimum atomic E-state index is 0.0344. The van der Waals surface area contributed by atoms with E-state index in [1.165, 1.54) is 5.56 Å². The Morgan fingerprint density at radius 3 is 2.93 bits per heavy atom. The van der Waals surface area contributed by atoms with Gasteiger partial charge in [0.05, 0.1) is 18.2 Å². The van der Waals surface area contributed by atoms with Gasteiger partial charge in [-0.1, -0.05) is 29.8 Å². The predicted octanol–water partition coefficient (Wildman–Crippen LogP) is 3.50. The molecule has 0 bridgehead atoms. The van der Waals surface area contributed by atoms with Gasteiger partial charge in [0.25, 0.3) is 0 Å². The Balaban J connectivity index is 1.62. The first kappa shape index (κ1) is 18.1. The summed E-state index contributed by atoms with van der Waals surface area (Å²) in [5, 5.41) is 0. The first-order valence-corrected chi connectivity index (χ1v) is 9.89. The number of aromatic nitrogens is 2. The zero-order valence-corrected chi connectivity index (χ0v) is 16.1. The lowest BCUT2D eigenvalue weighted by atomic mass is 9.89. The van der Waals surface area contributed by atoms with Crippen molar-refractivity contribution in [1.82, 2.24) is 14.9 Å². The third-order valence-corrected chi connectivity index (χ3v) is 5.67. The van der Waals surface area contributed by atoms with E-state index in [-0.39, 0.29) is 17.7 Å². The van der Waals surface area contributed by atoms with Crippen molar-refractivity contribution in [3.63, 3.8) is 0 Å². The molecule has 2 saturated heterocycles. The van der Waals surface area contributed by atoms with Gasteiger partial charge in [0, 0.05) is 37.4 Å². The molecule has 2 fully saturated rings. The Labute approximate surface area is 160 Å². The van der Waals surface area contributed by atoms with Gasteiger partial charge in [0.1, 0.15) is 5.82 Å². The van der Waals surface area contributed by atoms with Crippen LogP contribution < -0.4 is 0 Å². The lowest BCUT2D eigenvalue weighted by Gasteiger charge is -2.34. The lowest BCUT2D eigenvalue weighted by Crippen LogP contribution is -2.42. The number of ether oxygens (including phenoxy) is 1. The van der Waals surface area contributed by atoms with Gasteiger partial charge in [-0.25, -0.2) is 9.97 Å². The van der Waals surface area contributed by atoms with Gasteiger partial charge >= 0.3 is 0 Å². The molecule has 0 saturated carbocycles. The summed E-state index contributed by atoms with van der Waals surface area (Å²) in [6.07, 6.45) is 4.86. The van der Waals surface area contributed by atoms with Crippen LogP contribution in [-0.2, 0) is 9.53 Å². The van der Waals surface area contributed by atoms with Gasteiger partial charge in [-0.3, -0.25) is 4.79 Å². The van der Waals surface area contributed by atoms with Gasteiger partial charge in [-0.2, -0.15) is 0 Å². The highest BCUT2D eigenvalue weighted by atomic mass is 16.5. The smallest absolute Gasteiger partial charge is 0.228 e. The summed E-state index contributed by atoms with van der Waals surface area (Å²) in [7, 11) is 0. The van der Waals surface area contributed by atoms with E-state index in [4.69, 9.17) is 9.72 Å². The van der Waals surface area contributed by atoms with E-state index in [0.717, 1.165) is 55.0 Å². The van der Waals surface area contributed by atoms with Crippen molar-refractivity contribution in [1.29, 1.82) is 0 Å². The molecule has 5 nitrogen and oxygen atoms in total. The maximum Gasteiger partial charge on any atom is 0.228 e. The molecule has 2 aromatic rings. The number of amides is 1. The average molecular weight is 365 g/mol. The molecule has 2 aliphatic rings. The molecule has 0 aliphatic carbocycles. The number of benzene rings is 1. The molecule has 2 atom stereocenters. The number of aryl methyl sites for hydroxylation is 2.